The number of anilines is 2. The second-order valence-electron chi connectivity index (χ2n) is 5.64. The lowest BCUT2D eigenvalue weighted by atomic mass is 10.2. The van der Waals surface area contributed by atoms with Gasteiger partial charge in [-0.2, -0.15) is 11.8 Å². The van der Waals surface area contributed by atoms with Gasteiger partial charge in [-0.05, 0) is 31.8 Å². The fraction of sp³-hybridized carbons (Fsp3) is 0.750. The van der Waals surface area contributed by atoms with Crippen LogP contribution in [0.4, 0.5) is 11.6 Å². The van der Waals surface area contributed by atoms with Crippen LogP contribution >= 0.6 is 11.8 Å². The van der Waals surface area contributed by atoms with Gasteiger partial charge in [0.15, 0.2) is 0 Å². The molecule has 0 aromatic carbocycles. The second-order valence-corrected chi connectivity index (χ2v) is 6.63. The first-order valence-electron chi connectivity index (χ1n) is 7.89. The van der Waals surface area contributed by atoms with Gasteiger partial charge < -0.3 is 10.6 Å². The Morgan fingerprint density at radius 3 is 2.33 bits per heavy atom. The Morgan fingerprint density at radius 1 is 1.05 bits per heavy atom. The highest BCUT2D eigenvalue weighted by Gasteiger charge is 2.11. The minimum Gasteiger partial charge on any atom is -0.373 e. The number of unbranched alkanes of at least 4 members (excludes halogenated alkanes) is 3. The summed E-state index contributed by atoms with van der Waals surface area (Å²) in [5.74, 6) is 4.41. The molecule has 0 aliphatic carbocycles. The van der Waals surface area contributed by atoms with E-state index in [1.54, 1.807) is 0 Å². The lowest BCUT2D eigenvalue weighted by molar-refractivity contribution is 0.687. The first kappa shape index (κ1) is 18.1. The molecule has 0 bridgehead atoms. The summed E-state index contributed by atoms with van der Waals surface area (Å²) in [7, 11) is 1.91. The van der Waals surface area contributed by atoms with E-state index in [0.717, 1.165) is 29.6 Å². The van der Waals surface area contributed by atoms with E-state index in [-0.39, 0.29) is 0 Å². The van der Waals surface area contributed by atoms with E-state index in [4.69, 9.17) is 0 Å². The van der Waals surface area contributed by atoms with Gasteiger partial charge in [0.25, 0.3) is 0 Å². The molecule has 0 saturated carbocycles. The van der Waals surface area contributed by atoms with Crippen molar-refractivity contribution in [3.8, 4) is 0 Å². The molecule has 0 amide bonds. The summed E-state index contributed by atoms with van der Waals surface area (Å²) in [6, 6.07) is 0. The van der Waals surface area contributed by atoms with Crippen LogP contribution in [0.1, 0.15) is 56.8 Å². The Balaban J connectivity index is 2.52. The monoisotopic (exact) mass is 310 g/mol. The molecular formula is C16H30N4S. The normalized spacial score (nSPS) is 11.0. The van der Waals surface area contributed by atoms with Crippen molar-refractivity contribution in [2.45, 2.75) is 52.4 Å². The fourth-order valence-corrected chi connectivity index (χ4v) is 2.63. The fourth-order valence-electron chi connectivity index (χ4n) is 2.14. The molecule has 0 atom stereocenters. The minimum absolute atomic E-state index is 0.338. The second kappa shape index (κ2) is 9.87. The summed E-state index contributed by atoms with van der Waals surface area (Å²) < 4.78 is 0. The Kier molecular flexibility index (Phi) is 8.50. The molecule has 4 nitrogen and oxygen atoms in total. The molecule has 0 saturated heterocycles. The Hall–Kier alpha value is -0.970. The minimum atomic E-state index is 0.338. The van der Waals surface area contributed by atoms with Gasteiger partial charge in [-0.3, -0.25) is 0 Å². The largest absolute Gasteiger partial charge is 0.373 e. The zero-order valence-electron chi connectivity index (χ0n) is 14.1. The topological polar surface area (TPSA) is 49.8 Å². The van der Waals surface area contributed by atoms with Crippen molar-refractivity contribution in [3.05, 3.63) is 11.4 Å². The summed E-state index contributed by atoms with van der Waals surface area (Å²) in [6.45, 7) is 7.30. The number of thioether (sulfide) groups is 1. The van der Waals surface area contributed by atoms with Crippen LogP contribution in [0.3, 0.4) is 0 Å². The van der Waals surface area contributed by atoms with Crippen LogP contribution in [0.15, 0.2) is 0 Å². The zero-order chi connectivity index (χ0) is 15.7. The zero-order valence-corrected chi connectivity index (χ0v) is 14.9. The summed E-state index contributed by atoms with van der Waals surface area (Å²) >= 11 is 1.93. The molecule has 1 rings (SSSR count). The van der Waals surface area contributed by atoms with E-state index in [9.17, 15) is 0 Å². The Morgan fingerprint density at radius 2 is 1.71 bits per heavy atom. The number of nitrogens with one attached hydrogen (secondary N) is 2. The Labute approximate surface area is 133 Å². The molecule has 0 aliphatic heterocycles. The quantitative estimate of drug-likeness (QED) is 0.632. The predicted octanol–water partition coefficient (Wildman–Crippen LogP) is 4.29. The van der Waals surface area contributed by atoms with Crippen molar-refractivity contribution in [2.75, 3.05) is 36.2 Å². The Bertz CT molecular complexity index is 421. The van der Waals surface area contributed by atoms with Gasteiger partial charge in [0.05, 0.1) is 0 Å². The highest BCUT2D eigenvalue weighted by molar-refractivity contribution is 7.98. The van der Waals surface area contributed by atoms with E-state index in [0.29, 0.717) is 5.92 Å². The summed E-state index contributed by atoms with van der Waals surface area (Å²) in [5.41, 5.74) is 1.10. The van der Waals surface area contributed by atoms with Crippen LogP contribution in [0.2, 0.25) is 0 Å². The molecule has 2 N–H and O–H groups in total. The van der Waals surface area contributed by atoms with Crippen LogP contribution in [0, 0.1) is 6.92 Å². The molecule has 1 aromatic heterocycles. The van der Waals surface area contributed by atoms with E-state index in [2.05, 4.69) is 47.6 Å². The van der Waals surface area contributed by atoms with Crippen molar-refractivity contribution in [1.82, 2.24) is 9.97 Å². The molecule has 0 radical (unpaired) electrons. The van der Waals surface area contributed by atoms with Crippen molar-refractivity contribution < 1.29 is 0 Å². The average molecular weight is 311 g/mol. The van der Waals surface area contributed by atoms with Crippen LogP contribution in [0.5, 0.6) is 0 Å². The third-order valence-electron chi connectivity index (χ3n) is 3.48. The third kappa shape index (κ3) is 6.12. The SMILES string of the molecule is CNc1nc(C(C)C)nc(NCCCCCCSC)c1C. The van der Waals surface area contributed by atoms with E-state index >= 15 is 0 Å². The molecule has 5 heteroatoms. The molecule has 0 spiro atoms. The number of nitrogens with zero attached hydrogens (tertiary/aromatic N) is 2. The highest BCUT2D eigenvalue weighted by atomic mass is 32.2. The molecule has 1 heterocycles. The van der Waals surface area contributed by atoms with Gasteiger partial charge in [-0.1, -0.05) is 26.7 Å². The van der Waals surface area contributed by atoms with E-state index < -0.39 is 0 Å². The predicted molar refractivity (Wildman–Crippen MR) is 95.7 cm³/mol. The van der Waals surface area contributed by atoms with Gasteiger partial charge in [-0.15, -0.1) is 0 Å². The molecule has 0 aliphatic rings. The lowest BCUT2D eigenvalue weighted by Gasteiger charge is -2.15. The van der Waals surface area contributed by atoms with Gasteiger partial charge in [0.2, 0.25) is 0 Å². The first-order valence-corrected chi connectivity index (χ1v) is 9.28. The maximum Gasteiger partial charge on any atom is 0.135 e. The van der Waals surface area contributed by atoms with Crippen LogP contribution < -0.4 is 10.6 Å². The van der Waals surface area contributed by atoms with Crippen LogP contribution in [-0.2, 0) is 0 Å². The number of rotatable bonds is 10. The van der Waals surface area contributed by atoms with E-state index in [1.807, 2.05) is 18.8 Å². The lowest BCUT2D eigenvalue weighted by Crippen LogP contribution is -2.11. The van der Waals surface area contributed by atoms with Crippen LogP contribution in [0.25, 0.3) is 0 Å². The summed E-state index contributed by atoms with van der Waals surface area (Å²) in [6.07, 6.45) is 7.31. The molecule has 120 valence electrons. The van der Waals surface area contributed by atoms with Crippen molar-refractivity contribution in [2.24, 2.45) is 0 Å². The van der Waals surface area contributed by atoms with Crippen molar-refractivity contribution in [3.63, 3.8) is 0 Å². The summed E-state index contributed by atoms with van der Waals surface area (Å²) in [4.78, 5) is 9.23. The van der Waals surface area contributed by atoms with Gasteiger partial charge in [-0.25, -0.2) is 9.97 Å². The molecule has 0 fully saturated rings. The average Bonchev–Trinajstić information content (AvgIpc) is 2.47. The van der Waals surface area contributed by atoms with Crippen molar-refractivity contribution in [1.29, 1.82) is 0 Å². The van der Waals surface area contributed by atoms with Crippen LogP contribution in [-0.4, -0.2) is 35.6 Å². The smallest absolute Gasteiger partial charge is 0.135 e. The third-order valence-corrected chi connectivity index (χ3v) is 4.18. The maximum absolute atomic E-state index is 4.66. The molecule has 21 heavy (non-hydrogen) atoms. The van der Waals surface area contributed by atoms with Gasteiger partial charge >= 0.3 is 0 Å². The van der Waals surface area contributed by atoms with Gasteiger partial charge in [0.1, 0.15) is 17.5 Å². The molecule has 0 unspecified atom stereocenters. The standard InChI is InChI=1S/C16H30N4S/c1-12(2)14-19-15(17-4)13(3)16(20-14)18-10-8-6-7-9-11-21-5/h12H,6-11H2,1-5H3,(H2,17,18,19,20). The first-order chi connectivity index (χ1) is 10.1. The maximum atomic E-state index is 4.66. The van der Waals surface area contributed by atoms with Gasteiger partial charge in [0, 0.05) is 25.1 Å². The summed E-state index contributed by atoms with van der Waals surface area (Å²) in [5, 5.41) is 6.64. The molecule has 1 aromatic rings. The van der Waals surface area contributed by atoms with E-state index in [1.165, 1.54) is 31.4 Å². The number of hydrogen-bond acceptors (Lipinski definition) is 5. The van der Waals surface area contributed by atoms with Crippen molar-refractivity contribution >= 4 is 23.4 Å². The number of hydrogen-bond donors (Lipinski definition) is 2. The molecular weight excluding hydrogens is 280 g/mol. The highest BCUT2D eigenvalue weighted by Crippen LogP contribution is 2.22. The number of aromatic nitrogens is 2.